The molecule has 0 unspecified atom stereocenters. The number of carboxylic acid groups (broad SMARTS) is 1. The summed E-state index contributed by atoms with van der Waals surface area (Å²) in [4.78, 5) is 21.4. The Labute approximate surface area is 247 Å². The maximum Gasteiger partial charge on any atom is 0.335 e. The summed E-state index contributed by atoms with van der Waals surface area (Å²) >= 11 is 0. The largest absolute Gasteiger partial charge is 0.478 e. The lowest BCUT2D eigenvalue weighted by molar-refractivity contribution is -0.158. The number of ether oxygens (including phenoxy) is 3. The van der Waals surface area contributed by atoms with Gasteiger partial charge in [-0.05, 0) is 68.5 Å². The van der Waals surface area contributed by atoms with E-state index in [1.165, 1.54) is 6.07 Å². The first kappa shape index (κ1) is 27.5. The van der Waals surface area contributed by atoms with Crippen LogP contribution in [0.15, 0.2) is 54.6 Å². The maximum absolute atomic E-state index is 14.3. The minimum Gasteiger partial charge on any atom is -0.478 e. The molecule has 8 rings (SSSR count). The number of nitriles is 1. The zero-order valence-corrected chi connectivity index (χ0v) is 23.6. The Bertz CT molecular complexity index is 1730. The summed E-state index contributed by atoms with van der Waals surface area (Å²) in [5.74, 6) is -0.121. The number of carboxylic acids is 1. The zero-order valence-electron chi connectivity index (χ0n) is 23.6. The van der Waals surface area contributed by atoms with Crippen molar-refractivity contribution in [1.82, 2.24) is 14.5 Å². The topological polar surface area (TPSA) is 119 Å². The summed E-state index contributed by atoms with van der Waals surface area (Å²) in [5.41, 5.74) is 2.79. The summed E-state index contributed by atoms with van der Waals surface area (Å²) in [6, 6.07) is 17.0. The fourth-order valence-electron chi connectivity index (χ4n) is 6.56. The van der Waals surface area contributed by atoms with Crippen molar-refractivity contribution in [2.75, 3.05) is 13.2 Å². The lowest BCUT2D eigenvalue weighted by Gasteiger charge is -2.53. The molecule has 3 aliphatic heterocycles. The standard InChI is InChI=1S/C33H31FN4O5/c34-25-14-21(17-35)4-5-23(25)19-42-30-3-1-2-28(37-30)32-9-11-33(12-10-32,43-20-32)16-29-36-26-7-6-22(31(39)40)15-27(26)38(29)18-24-8-13-41-24/h1-7,14-15,24H,8-13,16,18-20H2,(H,39,40)/t24-,32?,33?/m0/s1. The molecule has 5 heterocycles. The van der Waals surface area contributed by atoms with Gasteiger partial charge in [0.2, 0.25) is 5.88 Å². The molecule has 0 spiro atoms. The van der Waals surface area contributed by atoms with Gasteiger partial charge in [0.1, 0.15) is 18.2 Å². The SMILES string of the molecule is N#Cc1ccc(COc2cccc(C34CCC(Cc5nc6ccc(C(=O)O)cc6n5C[C@@H]5CCO5)(CC3)OC4)n2)c(F)c1. The van der Waals surface area contributed by atoms with Crippen molar-refractivity contribution >= 4 is 17.0 Å². The van der Waals surface area contributed by atoms with Gasteiger partial charge in [-0.3, -0.25) is 0 Å². The molecule has 220 valence electrons. The fraction of sp³-hybridized carbons (Fsp3) is 0.394. The van der Waals surface area contributed by atoms with Crippen molar-refractivity contribution in [3.05, 3.63) is 88.6 Å². The highest BCUT2D eigenvalue weighted by molar-refractivity contribution is 5.92. The van der Waals surface area contributed by atoms with Gasteiger partial charge in [0.25, 0.3) is 0 Å². The number of benzene rings is 2. The summed E-state index contributed by atoms with van der Waals surface area (Å²) in [6.07, 6.45) is 5.22. The van der Waals surface area contributed by atoms with Gasteiger partial charge < -0.3 is 23.9 Å². The van der Waals surface area contributed by atoms with Crippen LogP contribution in [0, 0.1) is 17.1 Å². The first-order valence-corrected chi connectivity index (χ1v) is 14.6. The van der Waals surface area contributed by atoms with E-state index in [1.54, 1.807) is 36.4 Å². The smallest absolute Gasteiger partial charge is 0.335 e. The van der Waals surface area contributed by atoms with Crippen LogP contribution in [0.25, 0.3) is 11.0 Å². The Morgan fingerprint density at radius 1 is 1.14 bits per heavy atom. The molecule has 3 saturated heterocycles. The van der Waals surface area contributed by atoms with Gasteiger partial charge in [0.15, 0.2) is 0 Å². The van der Waals surface area contributed by atoms with Crippen molar-refractivity contribution in [3.63, 3.8) is 0 Å². The number of hydrogen-bond acceptors (Lipinski definition) is 7. The zero-order chi connectivity index (χ0) is 29.6. The Morgan fingerprint density at radius 3 is 2.65 bits per heavy atom. The van der Waals surface area contributed by atoms with Crippen molar-refractivity contribution in [2.45, 2.75) is 68.8 Å². The van der Waals surface area contributed by atoms with Gasteiger partial charge in [-0.15, -0.1) is 0 Å². The number of aromatic nitrogens is 3. The predicted molar refractivity (Wildman–Crippen MR) is 153 cm³/mol. The highest BCUT2D eigenvalue weighted by Crippen LogP contribution is 2.51. The Hall–Kier alpha value is -4.33. The molecule has 9 nitrogen and oxygen atoms in total. The number of fused-ring (bicyclic) bond motifs is 4. The minimum atomic E-state index is -0.960. The van der Waals surface area contributed by atoms with E-state index >= 15 is 0 Å². The Balaban J connectivity index is 1.07. The molecule has 4 aromatic rings. The highest BCUT2D eigenvalue weighted by Gasteiger charge is 2.52. The molecular weight excluding hydrogens is 551 g/mol. The van der Waals surface area contributed by atoms with Crippen molar-refractivity contribution in [3.8, 4) is 11.9 Å². The number of rotatable bonds is 9. The molecule has 1 atom stereocenters. The summed E-state index contributed by atoms with van der Waals surface area (Å²) in [5, 5.41) is 18.5. The predicted octanol–water partition coefficient (Wildman–Crippen LogP) is 5.33. The highest BCUT2D eigenvalue weighted by atomic mass is 19.1. The Morgan fingerprint density at radius 2 is 1.98 bits per heavy atom. The summed E-state index contributed by atoms with van der Waals surface area (Å²) < 4.78 is 34.7. The normalized spacial score (nSPS) is 24.4. The quantitative estimate of drug-likeness (QED) is 0.281. The van der Waals surface area contributed by atoms with Crippen molar-refractivity contribution in [2.24, 2.45) is 0 Å². The van der Waals surface area contributed by atoms with E-state index in [4.69, 9.17) is 29.4 Å². The van der Waals surface area contributed by atoms with Crippen LogP contribution in [0.1, 0.15) is 65.1 Å². The molecule has 43 heavy (non-hydrogen) atoms. The molecule has 1 saturated carbocycles. The monoisotopic (exact) mass is 582 g/mol. The first-order valence-electron chi connectivity index (χ1n) is 14.6. The van der Waals surface area contributed by atoms with Gasteiger partial charge in [0.05, 0.1) is 58.8 Å². The number of halogens is 1. The van der Waals surface area contributed by atoms with Gasteiger partial charge >= 0.3 is 5.97 Å². The lowest BCUT2D eigenvalue weighted by atomic mass is 9.63. The van der Waals surface area contributed by atoms with Crippen LogP contribution >= 0.6 is 0 Å². The number of hydrogen-bond donors (Lipinski definition) is 1. The van der Waals surface area contributed by atoms with E-state index in [0.717, 1.165) is 61.3 Å². The van der Waals surface area contributed by atoms with Crippen LogP contribution in [0.4, 0.5) is 4.39 Å². The molecule has 1 N–H and O–H groups in total. The number of aromatic carboxylic acids is 1. The van der Waals surface area contributed by atoms with Crippen LogP contribution in [0.3, 0.4) is 0 Å². The molecule has 2 bridgehead atoms. The van der Waals surface area contributed by atoms with Gasteiger partial charge in [-0.1, -0.05) is 12.1 Å². The van der Waals surface area contributed by atoms with Crippen molar-refractivity contribution in [1.29, 1.82) is 5.26 Å². The molecule has 1 aliphatic carbocycles. The molecule has 0 radical (unpaired) electrons. The van der Waals surface area contributed by atoms with E-state index in [9.17, 15) is 14.3 Å². The van der Waals surface area contributed by atoms with Gasteiger partial charge in [-0.2, -0.15) is 5.26 Å². The number of pyridine rings is 1. The third-order valence-corrected chi connectivity index (χ3v) is 9.33. The second-order valence-electron chi connectivity index (χ2n) is 11.9. The molecule has 2 aromatic heterocycles. The average Bonchev–Trinajstić information content (AvgIpc) is 3.34. The van der Waals surface area contributed by atoms with Crippen LogP contribution in [-0.4, -0.2) is 50.5 Å². The fourth-order valence-corrected chi connectivity index (χ4v) is 6.56. The minimum absolute atomic E-state index is 0.0153. The van der Waals surface area contributed by atoms with Crippen LogP contribution in [0.2, 0.25) is 0 Å². The van der Waals surface area contributed by atoms with Crippen LogP contribution in [-0.2, 0) is 34.5 Å². The van der Waals surface area contributed by atoms with E-state index in [-0.39, 0.29) is 34.9 Å². The molecule has 4 aliphatic rings. The van der Waals surface area contributed by atoms with E-state index in [2.05, 4.69) is 4.57 Å². The number of carbonyl (C=O) groups is 1. The molecule has 2 aromatic carbocycles. The van der Waals surface area contributed by atoms with Gasteiger partial charge in [-0.25, -0.2) is 19.2 Å². The van der Waals surface area contributed by atoms with Crippen LogP contribution < -0.4 is 4.74 Å². The molecule has 0 amide bonds. The molecule has 4 fully saturated rings. The second-order valence-corrected chi connectivity index (χ2v) is 11.9. The van der Waals surface area contributed by atoms with E-state index < -0.39 is 11.8 Å². The van der Waals surface area contributed by atoms with Crippen molar-refractivity contribution < 1.29 is 28.5 Å². The van der Waals surface area contributed by atoms with Gasteiger partial charge in [0, 0.05) is 30.1 Å². The first-order chi connectivity index (χ1) is 20.9. The molecule has 10 heteroatoms. The summed E-state index contributed by atoms with van der Waals surface area (Å²) in [7, 11) is 0. The van der Waals surface area contributed by atoms with Crippen LogP contribution in [0.5, 0.6) is 5.88 Å². The third-order valence-electron chi connectivity index (χ3n) is 9.33. The second kappa shape index (κ2) is 10.7. The number of imidazole rings is 1. The molecular formula is C33H31FN4O5. The Kier molecular flexibility index (Phi) is 6.87. The third kappa shape index (κ3) is 5.13. The summed E-state index contributed by atoms with van der Waals surface area (Å²) in [6.45, 7) is 1.93. The van der Waals surface area contributed by atoms with E-state index in [0.29, 0.717) is 31.0 Å². The lowest BCUT2D eigenvalue weighted by Crippen LogP contribution is -2.54. The number of nitrogens with zero attached hydrogens (tertiary/aromatic N) is 4. The average molecular weight is 583 g/mol. The van der Waals surface area contributed by atoms with E-state index in [1.807, 2.05) is 18.2 Å². The maximum atomic E-state index is 14.3.